The highest BCUT2D eigenvalue weighted by Gasteiger charge is 2.09. The smallest absolute Gasteiger partial charge is 0.161 e. The van der Waals surface area contributed by atoms with Gasteiger partial charge >= 0.3 is 0 Å². The largest absolute Gasteiger partial charge is 0.493 e. The van der Waals surface area contributed by atoms with Crippen molar-refractivity contribution in [3.05, 3.63) is 59.2 Å². The van der Waals surface area contributed by atoms with E-state index < -0.39 is 0 Å². The van der Waals surface area contributed by atoms with Crippen LogP contribution in [0.3, 0.4) is 0 Å². The van der Waals surface area contributed by atoms with Crippen molar-refractivity contribution in [2.24, 2.45) is 0 Å². The van der Waals surface area contributed by atoms with Crippen molar-refractivity contribution in [1.29, 1.82) is 0 Å². The van der Waals surface area contributed by atoms with E-state index in [-0.39, 0.29) is 19.3 Å². The Kier molecular flexibility index (Phi) is 6.44. The Labute approximate surface area is 138 Å². The zero-order valence-corrected chi connectivity index (χ0v) is 14.0. The molecule has 0 saturated carbocycles. The molecule has 0 aromatic heterocycles. The number of rotatable bonds is 8. The summed E-state index contributed by atoms with van der Waals surface area (Å²) in [6, 6.07) is 14.5. The van der Waals surface area contributed by atoms with Gasteiger partial charge in [-0.15, -0.1) is 0 Å². The van der Waals surface area contributed by atoms with E-state index in [0.29, 0.717) is 11.5 Å². The van der Waals surface area contributed by atoms with Gasteiger partial charge in [0.2, 0.25) is 0 Å². The van der Waals surface area contributed by atoms with Crippen molar-refractivity contribution < 1.29 is 14.6 Å². The molecule has 0 aliphatic heterocycles. The molecule has 0 saturated heterocycles. The maximum atomic E-state index is 8.85. The van der Waals surface area contributed by atoms with Gasteiger partial charge in [0.25, 0.3) is 0 Å². The summed E-state index contributed by atoms with van der Waals surface area (Å²) in [6.07, 6.45) is 0. The van der Waals surface area contributed by atoms with Gasteiger partial charge in [0.15, 0.2) is 11.5 Å². The minimum atomic E-state index is -0.0135. The fourth-order valence-electron chi connectivity index (χ4n) is 2.55. The second kappa shape index (κ2) is 8.56. The molecule has 0 radical (unpaired) electrons. The van der Waals surface area contributed by atoms with Gasteiger partial charge in [-0.1, -0.05) is 30.3 Å². The van der Waals surface area contributed by atoms with Crippen molar-refractivity contribution in [1.82, 2.24) is 5.32 Å². The highest BCUT2D eigenvalue weighted by atomic mass is 16.5. The lowest BCUT2D eigenvalue weighted by Crippen LogP contribution is -2.19. The van der Waals surface area contributed by atoms with Crippen molar-refractivity contribution in [2.45, 2.75) is 26.4 Å². The predicted molar refractivity (Wildman–Crippen MR) is 92.0 cm³/mol. The normalized spacial score (nSPS) is 12.0. The molecule has 0 bridgehead atoms. The van der Waals surface area contributed by atoms with Gasteiger partial charge in [-0.3, -0.25) is 0 Å². The molecule has 0 spiro atoms. The van der Waals surface area contributed by atoms with Gasteiger partial charge in [-0.2, -0.15) is 0 Å². The van der Waals surface area contributed by atoms with E-state index >= 15 is 0 Å². The van der Waals surface area contributed by atoms with E-state index in [2.05, 4.69) is 43.4 Å². The van der Waals surface area contributed by atoms with Gasteiger partial charge in [0, 0.05) is 12.6 Å². The van der Waals surface area contributed by atoms with E-state index in [1.807, 2.05) is 18.2 Å². The molecule has 0 heterocycles. The average Bonchev–Trinajstić information content (AvgIpc) is 2.58. The Hall–Kier alpha value is -2.04. The lowest BCUT2D eigenvalue weighted by atomic mass is 10.0. The van der Waals surface area contributed by atoms with Gasteiger partial charge < -0.3 is 19.9 Å². The number of hydrogen-bond acceptors (Lipinski definition) is 4. The fraction of sp³-hybridized carbons (Fsp3) is 0.368. The zero-order valence-electron chi connectivity index (χ0n) is 14.0. The minimum absolute atomic E-state index is 0.0135. The van der Waals surface area contributed by atoms with Gasteiger partial charge in [-0.05, 0) is 42.7 Å². The van der Waals surface area contributed by atoms with Crippen LogP contribution in [0.5, 0.6) is 11.5 Å². The summed E-state index contributed by atoms with van der Waals surface area (Å²) >= 11 is 0. The van der Waals surface area contributed by atoms with Crippen LogP contribution in [0, 0.1) is 6.92 Å². The van der Waals surface area contributed by atoms with Crippen LogP contribution in [0.2, 0.25) is 0 Å². The van der Waals surface area contributed by atoms with Crippen LogP contribution in [0.25, 0.3) is 0 Å². The second-order valence-electron chi connectivity index (χ2n) is 5.52. The summed E-state index contributed by atoms with van der Waals surface area (Å²) in [7, 11) is 1.62. The van der Waals surface area contributed by atoms with Crippen LogP contribution < -0.4 is 14.8 Å². The maximum Gasteiger partial charge on any atom is 0.161 e. The first-order valence-electron chi connectivity index (χ1n) is 7.85. The zero-order chi connectivity index (χ0) is 16.7. The van der Waals surface area contributed by atoms with Crippen LogP contribution in [0.15, 0.2) is 42.5 Å². The van der Waals surface area contributed by atoms with E-state index in [0.717, 1.165) is 12.1 Å². The van der Waals surface area contributed by atoms with Crippen molar-refractivity contribution >= 4 is 0 Å². The van der Waals surface area contributed by atoms with Crippen LogP contribution in [-0.4, -0.2) is 25.4 Å². The molecule has 2 rings (SSSR count). The number of methoxy groups -OCH3 is 1. The Bertz CT molecular complexity index is 628. The highest BCUT2D eigenvalue weighted by molar-refractivity contribution is 5.43. The molecule has 1 unspecified atom stereocenters. The van der Waals surface area contributed by atoms with E-state index in [4.69, 9.17) is 14.6 Å². The molecule has 0 aliphatic carbocycles. The number of aryl methyl sites for hydroxylation is 1. The maximum absolute atomic E-state index is 8.85. The molecule has 2 aromatic carbocycles. The van der Waals surface area contributed by atoms with Crippen molar-refractivity contribution in [3.8, 4) is 11.5 Å². The van der Waals surface area contributed by atoms with Crippen LogP contribution in [0.4, 0.5) is 0 Å². The molecule has 2 N–H and O–H groups in total. The van der Waals surface area contributed by atoms with Crippen LogP contribution in [-0.2, 0) is 6.54 Å². The Morgan fingerprint density at radius 3 is 2.61 bits per heavy atom. The molecular formula is C19H25NO3. The van der Waals surface area contributed by atoms with Crippen LogP contribution >= 0.6 is 0 Å². The number of aliphatic hydroxyl groups is 1. The predicted octanol–water partition coefficient (Wildman–Crippen LogP) is 3.23. The number of nitrogens with one attached hydrogen (secondary N) is 1. The second-order valence-corrected chi connectivity index (χ2v) is 5.52. The van der Waals surface area contributed by atoms with Gasteiger partial charge in [0.05, 0.1) is 13.7 Å². The molecule has 4 nitrogen and oxygen atoms in total. The monoisotopic (exact) mass is 315 g/mol. The third-order valence-corrected chi connectivity index (χ3v) is 3.84. The first-order chi connectivity index (χ1) is 11.2. The molecule has 4 heteroatoms. The van der Waals surface area contributed by atoms with E-state index in [9.17, 15) is 0 Å². The standard InChI is InChI=1S/C19H25NO3/c1-14-6-4-5-7-17(14)15(2)20-13-16-8-9-18(23-11-10-21)19(12-16)22-3/h4-9,12,15,20-21H,10-11,13H2,1-3H3. The van der Waals surface area contributed by atoms with E-state index in [1.54, 1.807) is 7.11 Å². The number of benzene rings is 2. The number of hydrogen-bond donors (Lipinski definition) is 2. The summed E-state index contributed by atoms with van der Waals surface area (Å²) < 4.78 is 10.8. The number of aliphatic hydroxyl groups excluding tert-OH is 1. The van der Waals surface area contributed by atoms with E-state index in [1.165, 1.54) is 11.1 Å². The highest BCUT2D eigenvalue weighted by Crippen LogP contribution is 2.28. The Morgan fingerprint density at radius 1 is 1.13 bits per heavy atom. The lowest BCUT2D eigenvalue weighted by Gasteiger charge is -2.17. The first kappa shape index (κ1) is 17.3. The average molecular weight is 315 g/mol. The topological polar surface area (TPSA) is 50.7 Å². The lowest BCUT2D eigenvalue weighted by molar-refractivity contribution is 0.196. The summed E-state index contributed by atoms with van der Waals surface area (Å²) in [4.78, 5) is 0. The third-order valence-electron chi connectivity index (χ3n) is 3.84. The number of ether oxygens (including phenoxy) is 2. The van der Waals surface area contributed by atoms with Gasteiger partial charge in [0.1, 0.15) is 6.61 Å². The van der Waals surface area contributed by atoms with Crippen LogP contribution in [0.1, 0.15) is 29.7 Å². The molecule has 0 aliphatic rings. The first-order valence-corrected chi connectivity index (χ1v) is 7.85. The molecule has 0 fully saturated rings. The summed E-state index contributed by atoms with van der Waals surface area (Å²) in [5, 5.41) is 12.4. The molecule has 0 amide bonds. The summed E-state index contributed by atoms with van der Waals surface area (Å²) in [5.74, 6) is 1.33. The van der Waals surface area contributed by atoms with Gasteiger partial charge in [-0.25, -0.2) is 0 Å². The van der Waals surface area contributed by atoms with Crippen molar-refractivity contribution in [3.63, 3.8) is 0 Å². The third kappa shape index (κ3) is 4.71. The summed E-state index contributed by atoms with van der Waals surface area (Å²) in [6.45, 7) is 5.28. The summed E-state index contributed by atoms with van der Waals surface area (Å²) in [5.41, 5.74) is 3.72. The Morgan fingerprint density at radius 2 is 1.91 bits per heavy atom. The molecule has 1 atom stereocenters. The molecular weight excluding hydrogens is 290 g/mol. The molecule has 124 valence electrons. The SMILES string of the molecule is COc1cc(CNC(C)c2ccccc2C)ccc1OCCO. The minimum Gasteiger partial charge on any atom is -0.493 e. The fourth-order valence-corrected chi connectivity index (χ4v) is 2.55. The molecule has 2 aromatic rings. The quantitative estimate of drug-likeness (QED) is 0.785. The molecule has 23 heavy (non-hydrogen) atoms. The Balaban J connectivity index is 2.01. The van der Waals surface area contributed by atoms with Crippen molar-refractivity contribution in [2.75, 3.05) is 20.3 Å².